The fourth-order valence-electron chi connectivity index (χ4n) is 5.16. The highest BCUT2D eigenvalue weighted by Gasteiger charge is 2.36. The van der Waals surface area contributed by atoms with E-state index in [1.807, 2.05) is 10.6 Å². The number of aromatic nitrogens is 3. The molecular formula is C25H24F2N4O. The number of hydrogen-bond acceptors (Lipinski definition) is 3. The Morgan fingerprint density at radius 3 is 2.59 bits per heavy atom. The minimum Gasteiger partial charge on any atom is -0.375 e. The number of benzene rings is 2. The van der Waals surface area contributed by atoms with Gasteiger partial charge in [0.1, 0.15) is 0 Å². The monoisotopic (exact) mass is 434 g/mol. The summed E-state index contributed by atoms with van der Waals surface area (Å²) >= 11 is 0. The highest BCUT2D eigenvalue weighted by Crippen LogP contribution is 2.46. The van der Waals surface area contributed by atoms with Crippen molar-refractivity contribution >= 4 is 21.8 Å². The first-order valence-corrected chi connectivity index (χ1v) is 10.9. The predicted octanol–water partition coefficient (Wildman–Crippen LogP) is 5.82. The van der Waals surface area contributed by atoms with Crippen LogP contribution in [0.2, 0.25) is 0 Å². The Bertz CT molecular complexity index is 1370. The van der Waals surface area contributed by atoms with E-state index in [9.17, 15) is 19.1 Å². The van der Waals surface area contributed by atoms with Gasteiger partial charge in [-0.1, -0.05) is 13.8 Å². The molecule has 164 valence electrons. The van der Waals surface area contributed by atoms with Crippen LogP contribution in [-0.4, -0.2) is 25.5 Å². The molecule has 1 saturated carbocycles. The van der Waals surface area contributed by atoms with E-state index >= 15 is 0 Å². The lowest BCUT2D eigenvalue weighted by Crippen LogP contribution is -2.31. The summed E-state index contributed by atoms with van der Waals surface area (Å²) < 4.78 is 30.0. The molecule has 4 aromatic rings. The number of nitriles is 1. The van der Waals surface area contributed by atoms with Crippen molar-refractivity contribution in [3.63, 3.8) is 0 Å². The molecule has 1 aliphatic carbocycles. The highest BCUT2D eigenvalue weighted by molar-refractivity contribution is 5.99. The number of aromatic amines is 1. The molecule has 0 bridgehead atoms. The van der Waals surface area contributed by atoms with Crippen LogP contribution in [0.4, 0.5) is 8.78 Å². The van der Waals surface area contributed by atoms with Crippen LogP contribution in [0.15, 0.2) is 36.5 Å². The Kier molecular flexibility index (Phi) is 4.79. The quantitative estimate of drug-likeness (QED) is 0.399. The summed E-state index contributed by atoms with van der Waals surface area (Å²) in [6.07, 6.45) is 3.94. The van der Waals surface area contributed by atoms with E-state index in [4.69, 9.17) is 0 Å². The second-order valence-corrected chi connectivity index (χ2v) is 9.13. The highest BCUT2D eigenvalue weighted by atomic mass is 19.2. The Hall–Kier alpha value is -3.24. The van der Waals surface area contributed by atoms with Gasteiger partial charge in [-0.2, -0.15) is 10.4 Å². The third-order valence-corrected chi connectivity index (χ3v) is 6.74. The fourth-order valence-corrected chi connectivity index (χ4v) is 5.16. The van der Waals surface area contributed by atoms with E-state index in [-0.39, 0.29) is 11.8 Å². The molecule has 2 aromatic carbocycles. The zero-order valence-electron chi connectivity index (χ0n) is 18.0. The number of fused-ring (bicyclic) bond motifs is 2. The Balaban J connectivity index is 1.80. The average Bonchev–Trinajstić information content (AvgIpc) is 3.36. The summed E-state index contributed by atoms with van der Waals surface area (Å²) in [6.45, 7) is 4.19. The number of rotatable bonds is 3. The molecule has 0 unspecified atom stereocenters. The van der Waals surface area contributed by atoms with Crippen LogP contribution < -0.4 is 0 Å². The van der Waals surface area contributed by atoms with Crippen LogP contribution in [0, 0.1) is 23.0 Å². The van der Waals surface area contributed by atoms with Crippen LogP contribution in [-0.2, 0) is 0 Å². The second-order valence-electron chi connectivity index (χ2n) is 9.13. The van der Waals surface area contributed by atoms with E-state index in [1.165, 1.54) is 6.07 Å². The summed E-state index contributed by atoms with van der Waals surface area (Å²) in [5.41, 5.74) is 3.29. The summed E-state index contributed by atoms with van der Waals surface area (Å²) in [6, 6.07) is 10.1. The SMILES string of the molecule is CC(C)c1c([C@H]2CC[C@@](O)(C#N)CC2)c2cc3[nH]ncc3cc2n1-c1ccc(F)c(F)c1. The van der Waals surface area contributed by atoms with Gasteiger partial charge >= 0.3 is 0 Å². The van der Waals surface area contributed by atoms with Crippen molar-refractivity contribution in [3.8, 4) is 11.8 Å². The normalized spacial score (nSPS) is 21.5. The number of H-pyrrole nitrogens is 1. The van der Waals surface area contributed by atoms with Crippen molar-refractivity contribution in [3.05, 3.63) is 59.4 Å². The lowest BCUT2D eigenvalue weighted by Gasteiger charge is -2.32. The van der Waals surface area contributed by atoms with Crippen LogP contribution in [0.25, 0.3) is 27.5 Å². The molecule has 0 saturated heterocycles. The second kappa shape index (κ2) is 7.42. The van der Waals surface area contributed by atoms with Crippen LogP contribution in [0.5, 0.6) is 0 Å². The third kappa shape index (κ3) is 3.18. The number of nitrogens with one attached hydrogen (secondary N) is 1. The third-order valence-electron chi connectivity index (χ3n) is 6.74. The van der Waals surface area contributed by atoms with Crippen LogP contribution in [0.3, 0.4) is 0 Å². The number of hydrogen-bond donors (Lipinski definition) is 2. The van der Waals surface area contributed by atoms with Crippen LogP contribution >= 0.6 is 0 Å². The van der Waals surface area contributed by atoms with Gasteiger partial charge in [-0.3, -0.25) is 5.10 Å². The Labute approximate surface area is 184 Å². The van der Waals surface area contributed by atoms with Gasteiger partial charge in [-0.25, -0.2) is 8.78 Å². The van der Waals surface area contributed by atoms with Gasteiger partial charge in [0, 0.05) is 28.2 Å². The molecule has 2 aromatic heterocycles. The molecular weight excluding hydrogens is 410 g/mol. The first-order chi connectivity index (χ1) is 15.3. The average molecular weight is 434 g/mol. The van der Waals surface area contributed by atoms with Gasteiger partial charge < -0.3 is 9.67 Å². The van der Waals surface area contributed by atoms with Gasteiger partial charge in [-0.05, 0) is 67.3 Å². The lowest BCUT2D eigenvalue weighted by atomic mass is 9.75. The Morgan fingerprint density at radius 1 is 1.19 bits per heavy atom. The number of aliphatic hydroxyl groups is 1. The van der Waals surface area contributed by atoms with E-state index in [1.54, 1.807) is 12.3 Å². The molecule has 1 fully saturated rings. The van der Waals surface area contributed by atoms with E-state index in [0.717, 1.165) is 39.1 Å². The van der Waals surface area contributed by atoms with Crippen molar-refractivity contribution in [2.75, 3.05) is 0 Å². The van der Waals surface area contributed by atoms with E-state index < -0.39 is 17.2 Å². The lowest BCUT2D eigenvalue weighted by molar-refractivity contribution is 0.0528. The Morgan fingerprint density at radius 2 is 1.94 bits per heavy atom. The standard InChI is InChI=1S/C25H24F2N4O/c1-14(2)24-23(15-5-7-25(32,13-28)8-6-15)18-11-21-16(12-29-30-21)9-22(18)31(24)17-3-4-19(26)20(27)10-17/h3-4,9-12,14-15,32H,5-8H2,1-2H3,(H,29,30)/t15-,25-. The first-order valence-electron chi connectivity index (χ1n) is 10.9. The predicted molar refractivity (Wildman–Crippen MR) is 119 cm³/mol. The zero-order valence-corrected chi connectivity index (χ0v) is 18.0. The molecule has 2 N–H and O–H groups in total. The molecule has 1 aliphatic rings. The fraction of sp³-hybridized carbons (Fsp3) is 0.360. The largest absolute Gasteiger partial charge is 0.375 e. The molecule has 32 heavy (non-hydrogen) atoms. The summed E-state index contributed by atoms with van der Waals surface area (Å²) in [5.74, 6) is -1.51. The smallest absolute Gasteiger partial charge is 0.160 e. The molecule has 5 rings (SSSR count). The van der Waals surface area contributed by atoms with Gasteiger partial charge in [0.15, 0.2) is 17.2 Å². The van der Waals surface area contributed by atoms with Crippen molar-refractivity contribution < 1.29 is 13.9 Å². The summed E-state index contributed by atoms with van der Waals surface area (Å²) in [4.78, 5) is 0. The summed E-state index contributed by atoms with van der Waals surface area (Å²) in [5, 5.41) is 28.9. The molecule has 0 amide bonds. The zero-order chi connectivity index (χ0) is 22.6. The van der Waals surface area contributed by atoms with E-state index in [2.05, 4.69) is 36.2 Å². The van der Waals surface area contributed by atoms with E-state index in [0.29, 0.717) is 31.4 Å². The molecule has 0 atom stereocenters. The van der Waals surface area contributed by atoms with Crippen LogP contribution in [0.1, 0.15) is 62.6 Å². The number of nitrogens with zero attached hydrogens (tertiary/aromatic N) is 3. The number of halogens is 2. The molecule has 0 spiro atoms. The van der Waals surface area contributed by atoms with Crippen molar-refractivity contribution in [2.24, 2.45) is 0 Å². The maximum atomic E-state index is 14.2. The van der Waals surface area contributed by atoms with Crippen molar-refractivity contribution in [1.29, 1.82) is 5.26 Å². The molecule has 2 heterocycles. The molecule has 0 aliphatic heterocycles. The topological polar surface area (TPSA) is 77.6 Å². The minimum absolute atomic E-state index is 0.110. The molecule has 0 radical (unpaired) electrons. The van der Waals surface area contributed by atoms with Gasteiger partial charge in [0.25, 0.3) is 0 Å². The van der Waals surface area contributed by atoms with Gasteiger partial charge in [0.2, 0.25) is 0 Å². The maximum absolute atomic E-state index is 14.2. The summed E-state index contributed by atoms with van der Waals surface area (Å²) in [7, 11) is 0. The first kappa shape index (κ1) is 20.7. The van der Waals surface area contributed by atoms with Gasteiger partial charge in [0.05, 0.1) is 23.3 Å². The van der Waals surface area contributed by atoms with Crippen molar-refractivity contribution in [1.82, 2.24) is 14.8 Å². The minimum atomic E-state index is -1.27. The molecule has 5 nitrogen and oxygen atoms in total. The van der Waals surface area contributed by atoms with Crippen molar-refractivity contribution in [2.45, 2.75) is 57.0 Å². The maximum Gasteiger partial charge on any atom is 0.160 e. The van der Waals surface area contributed by atoms with Gasteiger partial charge in [-0.15, -0.1) is 0 Å². The molecule has 7 heteroatoms.